The van der Waals surface area contributed by atoms with Gasteiger partial charge in [-0.2, -0.15) is 13.2 Å². The zero-order chi connectivity index (χ0) is 24.0. The molecule has 0 radical (unpaired) electrons. The number of benzene rings is 2. The number of pyridine rings is 1. The summed E-state index contributed by atoms with van der Waals surface area (Å²) in [6.45, 7) is 0.00550. The number of aliphatic hydroxyl groups is 1. The van der Waals surface area contributed by atoms with Crippen molar-refractivity contribution in [2.45, 2.75) is 12.2 Å². The fourth-order valence-corrected chi connectivity index (χ4v) is 4.50. The SMILES string of the molecule is COc1ccc(N2c3cccc(-c4nc5c(Br)cc(C(F)(F)F)cc5[nH]4)c3OCC2CO)nc1. The van der Waals surface area contributed by atoms with Gasteiger partial charge in [0.25, 0.3) is 0 Å². The van der Waals surface area contributed by atoms with Crippen molar-refractivity contribution >= 4 is 38.5 Å². The minimum absolute atomic E-state index is 0.171. The lowest BCUT2D eigenvalue weighted by molar-refractivity contribution is -0.137. The van der Waals surface area contributed by atoms with Crippen molar-refractivity contribution in [2.75, 3.05) is 25.2 Å². The van der Waals surface area contributed by atoms with Crippen LogP contribution in [-0.2, 0) is 6.18 Å². The third-order valence-corrected chi connectivity index (χ3v) is 6.18. The molecule has 0 saturated carbocycles. The van der Waals surface area contributed by atoms with Crippen LogP contribution in [-0.4, -0.2) is 46.4 Å². The van der Waals surface area contributed by atoms with Gasteiger partial charge in [-0.05, 0) is 52.3 Å². The van der Waals surface area contributed by atoms with Crippen molar-refractivity contribution < 1.29 is 27.8 Å². The van der Waals surface area contributed by atoms with Crippen LogP contribution in [0.5, 0.6) is 11.5 Å². The van der Waals surface area contributed by atoms with E-state index in [0.717, 1.165) is 12.1 Å². The minimum atomic E-state index is -4.48. The number of H-pyrrole nitrogens is 1. The third kappa shape index (κ3) is 3.84. The average Bonchev–Trinajstić information content (AvgIpc) is 3.27. The number of methoxy groups -OCH3 is 1. The first kappa shape index (κ1) is 22.5. The third-order valence-electron chi connectivity index (χ3n) is 5.58. The molecule has 11 heteroatoms. The Hall–Kier alpha value is -3.31. The first-order valence-corrected chi connectivity index (χ1v) is 11.0. The smallest absolute Gasteiger partial charge is 0.416 e. The van der Waals surface area contributed by atoms with Gasteiger partial charge in [0, 0.05) is 4.47 Å². The number of aromatic nitrogens is 3. The zero-order valence-corrected chi connectivity index (χ0v) is 19.3. The second kappa shape index (κ2) is 8.48. The highest BCUT2D eigenvalue weighted by Gasteiger charge is 2.33. The van der Waals surface area contributed by atoms with E-state index in [9.17, 15) is 18.3 Å². The van der Waals surface area contributed by atoms with Crippen LogP contribution >= 0.6 is 15.9 Å². The Labute approximate surface area is 200 Å². The van der Waals surface area contributed by atoms with Gasteiger partial charge in [0.15, 0.2) is 5.75 Å². The molecule has 0 amide bonds. The molecule has 1 aliphatic heterocycles. The van der Waals surface area contributed by atoms with Crippen LogP contribution < -0.4 is 14.4 Å². The molecule has 1 atom stereocenters. The number of rotatable bonds is 4. The van der Waals surface area contributed by atoms with Crippen LogP contribution in [0.4, 0.5) is 24.7 Å². The van der Waals surface area contributed by atoms with E-state index in [2.05, 4.69) is 30.9 Å². The molecule has 5 rings (SSSR count). The summed E-state index contributed by atoms with van der Waals surface area (Å²) in [5.74, 6) is 2.02. The van der Waals surface area contributed by atoms with Crippen molar-refractivity contribution in [1.29, 1.82) is 0 Å². The molecular formula is C23H18BrF3N4O3. The van der Waals surface area contributed by atoms with Gasteiger partial charge in [-0.25, -0.2) is 9.97 Å². The van der Waals surface area contributed by atoms with Gasteiger partial charge in [0.2, 0.25) is 0 Å². The second-order valence-electron chi connectivity index (χ2n) is 7.66. The number of nitrogens with zero attached hydrogens (tertiary/aromatic N) is 3. The normalized spacial score (nSPS) is 15.8. The van der Waals surface area contributed by atoms with Gasteiger partial charge in [-0.15, -0.1) is 0 Å². The molecule has 2 aromatic carbocycles. The Bertz CT molecular complexity index is 1360. The Morgan fingerprint density at radius 1 is 1.26 bits per heavy atom. The fraction of sp³-hybridized carbons (Fsp3) is 0.217. The van der Waals surface area contributed by atoms with E-state index in [1.54, 1.807) is 37.6 Å². The Balaban J connectivity index is 1.63. The number of ether oxygens (including phenoxy) is 2. The molecule has 0 aliphatic carbocycles. The largest absolute Gasteiger partial charge is 0.495 e. The number of hydrogen-bond acceptors (Lipinski definition) is 6. The summed E-state index contributed by atoms with van der Waals surface area (Å²) in [4.78, 5) is 13.8. The van der Waals surface area contributed by atoms with E-state index in [-0.39, 0.29) is 29.2 Å². The predicted octanol–water partition coefficient (Wildman–Crippen LogP) is 5.31. The van der Waals surface area contributed by atoms with Gasteiger partial charge in [0.1, 0.15) is 29.5 Å². The molecule has 176 valence electrons. The van der Waals surface area contributed by atoms with Gasteiger partial charge < -0.3 is 24.5 Å². The molecule has 0 spiro atoms. The highest BCUT2D eigenvalue weighted by Crippen LogP contribution is 2.45. The minimum Gasteiger partial charge on any atom is -0.495 e. The monoisotopic (exact) mass is 534 g/mol. The average molecular weight is 535 g/mol. The summed E-state index contributed by atoms with van der Waals surface area (Å²) in [6, 6.07) is 10.6. The van der Waals surface area contributed by atoms with Crippen LogP contribution in [0.15, 0.2) is 53.1 Å². The Morgan fingerprint density at radius 3 is 2.76 bits per heavy atom. The molecule has 34 heavy (non-hydrogen) atoms. The maximum atomic E-state index is 13.3. The van der Waals surface area contributed by atoms with Crippen molar-refractivity contribution in [3.8, 4) is 22.9 Å². The summed E-state index contributed by atoms with van der Waals surface area (Å²) >= 11 is 3.20. The zero-order valence-electron chi connectivity index (χ0n) is 17.7. The van der Waals surface area contributed by atoms with Crippen LogP contribution in [0.3, 0.4) is 0 Å². The summed E-state index contributed by atoms with van der Waals surface area (Å²) in [5.41, 5.74) is 1.06. The topological polar surface area (TPSA) is 83.5 Å². The molecule has 1 aliphatic rings. The molecule has 1 unspecified atom stereocenters. The van der Waals surface area contributed by atoms with E-state index in [0.29, 0.717) is 39.9 Å². The molecule has 0 bridgehead atoms. The lowest BCUT2D eigenvalue weighted by Crippen LogP contribution is -2.43. The number of hydrogen-bond donors (Lipinski definition) is 2. The number of halogens is 4. The fourth-order valence-electron chi connectivity index (χ4n) is 3.95. The van der Waals surface area contributed by atoms with Crippen molar-refractivity contribution in [1.82, 2.24) is 15.0 Å². The number of nitrogens with one attached hydrogen (secondary N) is 1. The first-order chi connectivity index (χ1) is 16.3. The van der Waals surface area contributed by atoms with Crippen LogP contribution in [0.25, 0.3) is 22.4 Å². The van der Waals surface area contributed by atoms with E-state index in [1.165, 1.54) is 0 Å². The molecular weight excluding hydrogens is 517 g/mol. The standard InChI is InChI=1S/C23H18BrF3N4O3/c1-33-14-5-6-19(28-9-14)31-13(10-32)11-34-21-15(3-2-4-18(21)31)22-29-17-8-12(23(25,26)27)7-16(24)20(17)30-22/h2-9,13,32H,10-11H2,1H3,(H,29,30). The molecule has 4 aromatic rings. The van der Waals surface area contributed by atoms with E-state index in [1.807, 2.05) is 11.0 Å². The van der Waals surface area contributed by atoms with E-state index >= 15 is 0 Å². The highest BCUT2D eigenvalue weighted by molar-refractivity contribution is 9.10. The van der Waals surface area contributed by atoms with E-state index < -0.39 is 11.7 Å². The summed E-state index contributed by atoms with van der Waals surface area (Å²) in [5, 5.41) is 9.96. The van der Waals surface area contributed by atoms with Crippen LogP contribution in [0.1, 0.15) is 5.56 Å². The summed E-state index contributed by atoms with van der Waals surface area (Å²) in [7, 11) is 1.55. The maximum absolute atomic E-state index is 13.3. The molecule has 7 nitrogen and oxygen atoms in total. The molecule has 2 N–H and O–H groups in total. The lowest BCUT2D eigenvalue weighted by atomic mass is 10.1. The number of aromatic amines is 1. The van der Waals surface area contributed by atoms with Crippen molar-refractivity contribution in [2.24, 2.45) is 0 Å². The van der Waals surface area contributed by atoms with Gasteiger partial charge in [-0.1, -0.05) is 6.07 Å². The first-order valence-electron chi connectivity index (χ1n) is 10.2. The number of fused-ring (bicyclic) bond motifs is 2. The number of imidazole rings is 1. The van der Waals surface area contributed by atoms with Crippen molar-refractivity contribution in [3.63, 3.8) is 0 Å². The predicted molar refractivity (Wildman–Crippen MR) is 124 cm³/mol. The lowest BCUT2D eigenvalue weighted by Gasteiger charge is -2.37. The molecule has 2 aromatic heterocycles. The van der Waals surface area contributed by atoms with E-state index in [4.69, 9.17) is 9.47 Å². The number of aliphatic hydroxyl groups excluding tert-OH is 1. The molecule has 0 saturated heterocycles. The highest BCUT2D eigenvalue weighted by atomic mass is 79.9. The van der Waals surface area contributed by atoms with Gasteiger partial charge in [0.05, 0.1) is 48.3 Å². The summed E-state index contributed by atoms with van der Waals surface area (Å²) in [6.07, 6.45) is -2.90. The summed E-state index contributed by atoms with van der Waals surface area (Å²) < 4.78 is 51.2. The molecule has 3 heterocycles. The van der Waals surface area contributed by atoms with Gasteiger partial charge >= 0.3 is 6.18 Å². The number of anilines is 2. The second-order valence-corrected chi connectivity index (χ2v) is 8.52. The maximum Gasteiger partial charge on any atom is 0.416 e. The Morgan fingerprint density at radius 2 is 2.09 bits per heavy atom. The quantitative estimate of drug-likeness (QED) is 0.369. The van der Waals surface area contributed by atoms with Crippen LogP contribution in [0, 0.1) is 0 Å². The Kier molecular flexibility index (Phi) is 5.61. The van der Waals surface area contributed by atoms with Gasteiger partial charge in [-0.3, -0.25) is 0 Å². The number of alkyl halides is 3. The van der Waals surface area contributed by atoms with Crippen LogP contribution in [0.2, 0.25) is 0 Å². The van der Waals surface area contributed by atoms with Crippen molar-refractivity contribution in [3.05, 3.63) is 58.7 Å². The number of para-hydroxylation sites is 1. The molecule has 0 fully saturated rings.